The molecule has 2 rings (SSSR count). The Morgan fingerprint density at radius 1 is 1.16 bits per heavy atom. The van der Waals surface area contributed by atoms with Gasteiger partial charge in [-0.15, -0.1) is 0 Å². The zero-order valence-corrected chi connectivity index (χ0v) is 11.3. The number of hydrogen-bond donors (Lipinski definition) is 1. The maximum atomic E-state index is 9.76. The Morgan fingerprint density at radius 2 is 1.89 bits per heavy atom. The molecule has 0 spiro atoms. The summed E-state index contributed by atoms with van der Waals surface area (Å²) in [6.45, 7) is 4.15. The van der Waals surface area contributed by atoms with E-state index in [9.17, 15) is 5.11 Å². The molecule has 0 aliphatic heterocycles. The molecule has 100 valence electrons. The molecule has 1 N–H and O–H groups in total. The fourth-order valence-corrected chi connectivity index (χ4v) is 1.81. The van der Waals surface area contributed by atoms with Crippen LogP contribution in [0.5, 0.6) is 5.75 Å². The third kappa shape index (κ3) is 3.80. The van der Waals surface area contributed by atoms with Crippen molar-refractivity contribution in [2.75, 3.05) is 6.61 Å². The van der Waals surface area contributed by atoms with E-state index in [1.807, 2.05) is 56.3 Å². The van der Waals surface area contributed by atoms with Gasteiger partial charge < -0.3 is 9.84 Å². The molecule has 0 aliphatic carbocycles. The van der Waals surface area contributed by atoms with Crippen LogP contribution in [0, 0.1) is 0 Å². The Hall–Kier alpha value is -1.87. The quantitative estimate of drug-likeness (QED) is 0.836. The third-order valence-electron chi connectivity index (χ3n) is 2.72. The van der Waals surface area contributed by atoms with Gasteiger partial charge in [0.15, 0.2) is 0 Å². The summed E-state index contributed by atoms with van der Waals surface area (Å²) in [7, 11) is 0. The van der Waals surface area contributed by atoms with Crippen molar-refractivity contribution in [3.8, 4) is 5.75 Å². The average Bonchev–Trinajstić information content (AvgIpc) is 2.42. The van der Waals surface area contributed by atoms with Crippen molar-refractivity contribution in [2.45, 2.75) is 26.0 Å². The van der Waals surface area contributed by atoms with E-state index in [1.54, 1.807) is 0 Å². The molecule has 0 aromatic heterocycles. The van der Waals surface area contributed by atoms with Gasteiger partial charge in [0.1, 0.15) is 18.5 Å². The lowest BCUT2D eigenvalue weighted by atomic mass is 10.1. The standard InChI is InChI=1S/C16H19NO2/c1-12(2)17-10-14(18)11-19-16-9-5-7-13-6-3-4-8-15(13)16/h3-10,12,14,18H,11H2,1-2H3/t14-/m1/s1. The average molecular weight is 257 g/mol. The van der Waals surface area contributed by atoms with Crippen molar-refractivity contribution < 1.29 is 9.84 Å². The monoisotopic (exact) mass is 257 g/mol. The maximum Gasteiger partial charge on any atom is 0.127 e. The highest BCUT2D eigenvalue weighted by molar-refractivity contribution is 5.88. The number of ether oxygens (including phenoxy) is 1. The fourth-order valence-electron chi connectivity index (χ4n) is 1.81. The molecule has 0 heterocycles. The van der Waals surface area contributed by atoms with Crippen molar-refractivity contribution in [3.05, 3.63) is 42.5 Å². The Kier molecular flexibility index (Phi) is 4.53. The van der Waals surface area contributed by atoms with E-state index in [-0.39, 0.29) is 12.6 Å². The lowest BCUT2D eigenvalue weighted by Crippen LogP contribution is -2.19. The lowest BCUT2D eigenvalue weighted by Gasteiger charge is -2.11. The summed E-state index contributed by atoms with van der Waals surface area (Å²) in [5.41, 5.74) is 0. The Labute approximate surface area is 113 Å². The molecule has 0 radical (unpaired) electrons. The topological polar surface area (TPSA) is 41.8 Å². The summed E-state index contributed by atoms with van der Waals surface area (Å²) < 4.78 is 5.67. The van der Waals surface area contributed by atoms with Crippen LogP contribution in [-0.2, 0) is 0 Å². The predicted molar refractivity (Wildman–Crippen MR) is 79.1 cm³/mol. The first-order chi connectivity index (χ1) is 9.16. The molecule has 0 aliphatic rings. The Bertz CT molecular complexity index is 558. The predicted octanol–water partition coefficient (Wildman–Crippen LogP) is 3.06. The van der Waals surface area contributed by atoms with Crippen molar-refractivity contribution >= 4 is 17.0 Å². The van der Waals surface area contributed by atoms with E-state index >= 15 is 0 Å². The molecule has 0 fully saturated rings. The molecule has 0 amide bonds. The van der Waals surface area contributed by atoms with Crippen LogP contribution in [0.1, 0.15) is 13.8 Å². The zero-order chi connectivity index (χ0) is 13.7. The normalized spacial score (nSPS) is 13.3. The second kappa shape index (κ2) is 6.34. The highest BCUT2D eigenvalue weighted by Gasteiger charge is 2.05. The van der Waals surface area contributed by atoms with Crippen LogP contribution in [0.15, 0.2) is 47.5 Å². The Balaban J connectivity index is 2.06. The lowest BCUT2D eigenvalue weighted by molar-refractivity contribution is 0.163. The summed E-state index contributed by atoms with van der Waals surface area (Å²) in [4.78, 5) is 4.14. The largest absolute Gasteiger partial charge is 0.490 e. The highest BCUT2D eigenvalue weighted by Crippen LogP contribution is 2.25. The van der Waals surface area contributed by atoms with Gasteiger partial charge in [0, 0.05) is 17.6 Å². The molecule has 3 nitrogen and oxygen atoms in total. The first-order valence-corrected chi connectivity index (χ1v) is 6.49. The third-order valence-corrected chi connectivity index (χ3v) is 2.72. The highest BCUT2D eigenvalue weighted by atomic mass is 16.5. The Morgan fingerprint density at radius 3 is 2.68 bits per heavy atom. The molecule has 0 saturated carbocycles. The van der Waals surface area contributed by atoms with E-state index in [2.05, 4.69) is 4.99 Å². The summed E-state index contributed by atoms with van der Waals surface area (Å²) in [6, 6.07) is 14.1. The number of hydrogen-bond acceptors (Lipinski definition) is 3. The van der Waals surface area contributed by atoms with E-state index in [0.717, 1.165) is 16.5 Å². The van der Waals surface area contributed by atoms with Crippen LogP contribution in [0.3, 0.4) is 0 Å². The zero-order valence-electron chi connectivity index (χ0n) is 11.3. The first kappa shape index (κ1) is 13.6. The molecule has 0 unspecified atom stereocenters. The van der Waals surface area contributed by atoms with Gasteiger partial charge in [-0.05, 0) is 25.3 Å². The SMILES string of the molecule is CC(C)N=C[C@@H](O)COc1cccc2ccccc12. The minimum Gasteiger partial charge on any atom is -0.490 e. The molecular weight excluding hydrogens is 238 g/mol. The number of rotatable bonds is 5. The van der Waals surface area contributed by atoms with Gasteiger partial charge in [0.05, 0.1) is 0 Å². The molecule has 0 bridgehead atoms. The van der Waals surface area contributed by atoms with Crippen molar-refractivity contribution in [3.63, 3.8) is 0 Å². The second-order valence-corrected chi connectivity index (χ2v) is 4.75. The molecule has 2 aromatic carbocycles. The smallest absolute Gasteiger partial charge is 0.127 e. The molecular formula is C16H19NO2. The minimum atomic E-state index is -0.679. The van der Waals surface area contributed by atoms with E-state index < -0.39 is 6.10 Å². The number of aliphatic imine (C=N–C) groups is 1. The van der Waals surface area contributed by atoms with Gasteiger partial charge in [-0.2, -0.15) is 0 Å². The summed E-state index contributed by atoms with van der Waals surface area (Å²) in [5.74, 6) is 0.787. The van der Waals surface area contributed by atoms with Gasteiger partial charge in [-0.25, -0.2) is 0 Å². The number of aliphatic hydroxyl groups is 1. The van der Waals surface area contributed by atoms with Gasteiger partial charge in [0.25, 0.3) is 0 Å². The maximum absolute atomic E-state index is 9.76. The van der Waals surface area contributed by atoms with Gasteiger partial charge >= 0.3 is 0 Å². The van der Waals surface area contributed by atoms with Crippen LogP contribution in [-0.4, -0.2) is 30.1 Å². The van der Waals surface area contributed by atoms with Gasteiger partial charge in [-0.3, -0.25) is 4.99 Å². The molecule has 1 atom stereocenters. The van der Waals surface area contributed by atoms with Crippen molar-refractivity contribution in [2.24, 2.45) is 4.99 Å². The fraction of sp³-hybridized carbons (Fsp3) is 0.312. The minimum absolute atomic E-state index is 0.187. The summed E-state index contributed by atoms with van der Waals surface area (Å²) in [5, 5.41) is 11.9. The molecule has 0 saturated heterocycles. The van der Waals surface area contributed by atoms with Crippen LogP contribution < -0.4 is 4.74 Å². The van der Waals surface area contributed by atoms with Crippen molar-refractivity contribution in [1.82, 2.24) is 0 Å². The number of fused-ring (bicyclic) bond motifs is 1. The van der Waals surface area contributed by atoms with Crippen LogP contribution >= 0.6 is 0 Å². The first-order valence-electron chi connectivity index (χ1n) is 6.49. The van der Waals surface area contributed by atoms with Crippen LogP contribution in [0.2, 0.25) is 0 Å². The van der Waals surface area contributed by atoms with Gasteiger partial charge in [-0.1, -0.05) is 36.4 Å². The van der Waals surface area contributed by atoms with E-state index in [1.165, 1.54) is 6.21 Å². The number of nitrogens with zero attached hydrogens (tertiary/aromatic N) is 1. The van der Waals surface area contributed by atoms with Gasteiger partial charge in [0.2, 0.25) is 0 Å². The number of aliphatic hydroxyl groups excluding tert-OH is 1. The molecule has 2 aromatic rings. The van der Waals surface area contributed by atoms with E-state index in [4.69, 9.17) is 4.74 Å². The van der Waals surface area contributed by atoms with Crippen molar-refractivity contribution in [1.29, 1.82) is 0 Å². The van der Waals surface area contributed by atoms with E-state index in [0.29, 0.717) is 0 Å². The molecule has 19 heavy (non-hydrogen) atoms. The number of benzene rings is 2. The summed E-state index contributed by atoms with van der Waals surface area (Å²) >= 11 is 0. The summed E-state index contributed by atoms with van der Waals surface area (Å²) in [6.07, 6.45) is 0.858. The van der Waals surface area contributed by atoms with Crippen LogP contribution in [0.4, 0.5) is 0 Å². The van der Waals surface area contributed by atoms with Crippen LogP contribution in [0.25, 0.3) is 10.8 Å². The second-order valence-electron chi connectivity index (χ2n) is 4.75. The molecule has 3 heteroatoms.